The molecule has 8 rings (SSSR count). The zero-order chi connectivity index (χ0) is 24.3. The van der Waals surface area contributed by atoms with Crippen LogP contribution in [-0.4, -0.2) is 4.98 Å². The largest absolute Gasteiger partial charge is 0.256 e. The standard InChI is InChI=1S/C35H21NS/c1-2-13-27-25(11-1)26-12-3-4-15-29(26)33-30(27)19-20-36-34(33)23-10-7-9-22(21-23)24-16-8-17-31-28-14-5-6-18-32(28)37-35(24)31/h1-21H. The van der Waals surface area contributed by atoms with E-state index in [9.17, 15) is 0 Å². The highest BCUT2D eigenvalue weighted by Gasteiger charge is 2.15. The zero-order valence-electron chi connectivity index (χ0n) is 20.0. The number of pyridine rings is 1. The molecule has 172 valence electrons. The molecule has 0 spiro atoms. The van der Waals surface area contributed by atoms with Crippen molar-refractivity contribution in [1.82, 2.24) is 4.98 Å². The Morgan fingerprint density at radius 3 is 1.86 bits per heavy atom. The average molecular weight is 488 g/mol. The minimum Gasteiger partial charge on any atom is -0.256 e. The Hall–Kier alpha value is -4.53. The van der Waals surface area contributed by atoms with E-state index < -0.39 is 0 Å². The fourth-order valence-corrected chi connectivity index (χ4v) is 7.11. The molecule has 2 heterocycles. The van der Waals surface area contributed by atoms with Crippen LogP contribution in [0.5, 0.6) is 0 Å². The van der Waals surface area contributed by atoms with Crippen molar-refractivity contribution in [3.8, 4) is 22.4 Å². The molecule has 2 aromatic heterocycles. The van der Waals surface area contributed by atoms with Gasteiger partial charge in [-0.05, 0) is 56.3 Å². The van der Waals surface area contributed by atoms with E-state index in [-0.39, 0.29) is 0 Å². The van der Waals surface area contributed by atoms with Crippen molar-refractivity contribution in [3.05, 3.63) is 128 Å². The molecular formula is C35H21NS. The second-order valence-corrected chi connectivity index (χ2v) is 10.6. The Balaban J connectivity index is 1.42. The average Bonchev–Trinajstić information content (AvgIpc) is 3.36. The summed E-state index contributed by atoms with van der Waals surface area (Å²) in [6.07, 6.45) is 1.96. The van der Waals surface area contributed by atoms with E-state index in [0.717, 1.165) is 11.3 Å². The first-order valence-corrected chi connectivity index (χ1v) is 13.4. The molecule has 0 radical (unpaired) electrons. The van der Waals surface area contributed by atoms with Gasteiger partial charge in [0.25, 0.3) is 0 Å². The van der Waals surface area contributed by atoms with Crippen molar-refractivity contribution in [2.45, 2.75) is 0 Å². The highest BCUT2D eigenvalue weighted by atomic mass is 32.1. The minimum absolute atomic E-state index is 1.03. The molecule has 0 N–H and O–H groups in total. The summed E-state index contributed by atoms with van der Waals surface area (Å²) in [5.41, 5.74) is 4.67. The molecule has 0 aliphatic carbocycles. The van der Waals surface area contributed by atoms with Crippen LogP contribution in [0, 0.1) is 0 Å². The number of hydrogen-bond donors (Lipinski definition) is 0. The van der Waals surface area contributed by atoms with Gasteiger partial charge in [0.05, 0.1) is 5.69 Å². The monoisotopic (exact) mass is 487 g/mol. The minimum atomic E-state index is 1.03. The lowest BCUT2D eigenvalue weighted by molar-refractivity contribution is 1.36. The van der Waals surface area contributed by atoms with Crippen LogP contribution in [0.4, 0.5) is 0 Å². The third-order valence-corrected chi connectivity index (χ3v) is 8.73. The Labute approximate surface area is 218 Å². The van der Waals surface area contributed by atoms with E-state index in [1.807, 2.05) is 17.5 Å². The summed E-state index contributed by atoms with van der Waals surface area (Å²) in [7, 11) is 0. The van der Waals surface area contributed by atoms with Crippen molar-refractivity contribution in [2.24, 2.45) is 0 Å². The number of benzene rings is 6. The predicted octanol–water partition coefficient (Wildman–Crippen LogP) is 10.2. The molecule has 8 aromatic rings. The second kappa shape index (κ2) is 7.99. The first kappa shape index (κ1) is 20.6. The van der Waals surface area contributed by atoms with Gasteiger partial charge in [0.2, 0.25) is 0 Å². The maximum absolute atomic E-state index is 4.97. The molecule has 0 aliphatic rings. The lowest BCUT2D eigenvalue weighted by Crippen LogP contribution is -1.90. The Kier molecular flexibility index (Phi) is 4.46. The number of thiophene rings is 1. The molecular weight excluding hydrogens is 466 g/mol. The number of aromatic nitrogens is 1. The molecule has 37 heavy (non-hydrogen) atoms. The van der Waals surface area contributed by atoms with Gasteiger partial charge < -0.3 is 0 Å². The van der Waals surface area contributed by atoms with E-state index in [4.69, 9.17) is 4.98 Å². The van der Waals surface area contributed by atoms with Crippen LogP contribution >= 0.6 is 11.3 Å². The van der Waals surface area contributed by atoms with Crippen molar-refractivity contribution in [1.29, 1.82) is 0 Å². The van der Waals surface area contributed by atoms with Gasteiger partial charge in [0, 0.05) is 37.3 Å². The molecule has 0 unspecified atom stereocenters. The molecule has 0 saturated carbocycles. The van der Waals surface area contributed by atoms with Crippen LogP contribution in [0.25, 0.3) is 74.9 Å². The van der Waals surface area contributed by atoms with E-state index in [0.29, 0.717) is 0 Å². The van der Waals surface area contributed by atoms with Crippen molar-refractivity contribution in [3.63, 3.8) is 0 Å². The van der Waals surface area contributed by atoms with Crippen LogP contribution in [0.3, 0.4) is 0 Å². The van der Waals surface area contributed by atoms with Crippen LogP contribution in [0.1, 0.15) is 0 Å². The van der Waals surface area contributed by atoms with Crippen molar-refractivity contribution < 1.29 is 0 Å². The molecule has 1 nitrogen and oxygen atoms in total. The fraction of sp³-hybridized carbons (Fsp3) is 0. The van der Waals surface area contributed by atoms with Gasteiger partial charge in [0.1, 0.15) is 0 Å². The van der Waals surface area contributed by atoms with Gasteiger partial charge in [-0.3, -0.25) is 4.98 Å². The third-order valence-electron chi connectivity index (χ3n) is 7.51. The Morgan fingerprint density at radius 2 is 1.05 bits per heavy atom. The summed E-state index contributed by atoms with van der Waals surface area (Å²) in [4.78, 5) is 4.97. The summed E-state index contributed by atoms with van der Waals surface area (Å²) in [6.45, 7) is 0. The van der Waals surface area contributed by atoms with Gasteiger partial charge in [-0.1, -0.05) is 103 Å². The van der Waals surface area contributed by atoms with Gasteiger partial charge in [-0.15, -0.1) is 11.3 Å². The van der Waals surface area contributed by atoms with Crippen LogP contribution in [-0.2, 0) is 0 Å². The number of rotatable bonds is 2. The summed E-state index contributed by atoms with van der Waals surface area (Å²) < 4.78 is 2.67. The van der Waals surface area contributed by atoms with Crippen molar-refractivity contribution in [2.75, 3.05) is 0 Å². The van der Waals surface area contributed by atoms with Gasteiger partial charge in [-0.2, -0.15) is 0 Å². The maximum Gasteiger partial charge on any atom is 0.0786 e. The van der Waals surface area contributed by atoms with E-state index in [1.165, 1.54) is 63.6 Å². The highest BCUT2D eigenvalue weighted by Crippen LogP contribution is 2.42. The van der Waals surface area contributed by atoms with E-state index >= 15 is 0 Å². The number of fused-ring (bicyclic) bond motifs is 9. The van der Waals surface area contributed by atoms with Gasteiger partial charge in [0.15, 0.2) is 0 Å². The van der Waals surface area contributed by atoms with Gasteiger partial charge in [-0.25, -0.2) is 0 Å². The molecule has 0 bridgehead atoms. The number of hydrogen-bond acceptors (Lipinski definition) is 2. The maximum atomic E-state index is 4.97. The summed E-state index contributed by atoms with van der Waals surface area (Å²) in [6, 6.07) is 43.8. The smallest absolute Gasteiger partial charge is 0.0786 e. The quantitative estimate of drug-likeness (QED) is 0.221. The Bertz CT molecular complexity index is 2110. The molecule has 0 amide bonds. The highest BCUT2D eigenvalue weighted by molar-refractivity contribution is 7.26. The summed E-state index contributed by atoms with van der Waals surface area (Å²) in [5.74, 6) is 0. The topological polar surface area (TPSA) is 12.9 Å². The molecule has 6 aromatic carbocycles. The molecule has 0 atom stereocenters. The normalized spacial score (nSPS) is 11.8. The first-order chi connectivity index (χ1) is 18.4. The second-order valence-electron chi connectivity index (χ2n) is 9.53. The lowest BCUT2D eigenvalue weighted by atomic mass is 9.91. The molecule has 2 heteroatoms. The summed E-state index contributed by atoms with van der Waals surface area (Å²) >= 11 is 1.88. The lowest BCUT2D eigenvalue weighted by Gasteiger charge is -2.14. The molecule has 0 saturated heterocycles. The van der Waals surface area contributed by atoms with E-state index in [1.54, 1.807) is 0 Å². The molecule has 0 fully saturated rings. The van der Waals surface area contributed by atoms with Crippen LogP contribution < -0.4 is 0 Å². The zero-order valence-corrected chi connectivity index (χ0v) is 20.8. The predicted molar refractivity (Wildman–Crippen MR) is 161 cm³/mol. The Morgan fingerprint density at radius 1 is 0.459 bits per heavy atom. The van der Waals surface area contributed by atoms with Gasteiger partial charge >= 0.3 is 0 Å². The molecule has 0 aliphatic heterocycles. The summed E-state index contributed by atoms with van der Waals surface area (Å²) in [5, 5.41) is 10.2. The van der Waals surface area contributed by atoms with Crippen LogP contribution in [0.2, 0.25) is 0 Å². The van der Waals surface area contributed by atoms with Crippen LogP contribution in [0.15, 0.2) is 128 Å². The van der Waals surface area contributed by atoms with E-state index in [2.05, 4.69) is 121 Å². The third kappa shape index (κ3) is 3.06. The first-order valence-electron chi connectivity index (χ1n) is 12.6. The number of nitrogens with zero attached hydrogens (tertiary/aromatic N) is 1. The SMILES string of the molecule is c1cc(-c2cccc3c2sc2ccccc23)cc(-c2nccc3c4ccccc4c4ccccc4c23)c1. The van der Waals surface area contributed by atoms with Crippen molar-refractivity contribution >= 4 is 63.8 Å². The fourth-order valence-electron chi connectivity index (χ4n) is 5.88.